The molecule has 2 aromatic carbocycles. The van der Waals surface area contributed by atoms with Crippen LogP contribution in [0.1, 0.15) is 23.7 Å². The van der Waals surface area contributed by atoms with E-state index in [1.165, 1.54) is 4.90 Å². The maximum Gasteiger partial charge on any atom is 0.342 e. The molecule has 9 heteroatoms. The number of benzene rings is 2. The van der Waals surface area contributed by atoms with Crippen molar-refractivity contribution in [2.45, 2.75) is 19.4 Å². The number of amides is 1. The minimum absolute atomic E-state index is 0.0530. The number of hydrogen-bond donors (Lipinski definition) is 0. The standard InChI is InChI=1S/C24H25N3O5S/c1-2-26(20-13-14-33(30,31)17-20)22(28)16-32-24(29)21-15-27(19-11-7-4-8-12-19)25-23(21)18-9-5-3-6-10-18/h3-12,15,20H,2,13-14,16-17H2,1H3/t20-/m0/s1. The highest BCUT2D eigenvalue weighted by atomic mass is 32.2. The van der Waals surface area contributed by atoms with Crippen molar-refractivity contribution in [1.82, 2.24) is 14.7 Å². The summed E-state index contributed by atoms with van der Waals surface area (Å²) in [7, 11) is -3.13. The van der Waals surface area contributed by atoms with Crippen LogP contribution < -0.4 is 0 Å². The van der Waals surface area contributed by atoms with Gasteiger partial charge in [-0.3, -0.25) is 4.79 Å². The van der Waals surface area contributed by atoms with Gasteiger partial charge in [0.25, 0.3) is 5.91 Å². The number of esters is 1. The average Bonchev–Trinajstić information content (AvgIpc) is 3.43. The van der Waals surface area contributed by atoms with Crippen LogP contribution in [0.3, 0.4) is 0 Å². The molecule has 0 spiro atoms. The second-order valence-corrected chi connectivity index (χ2v) is 10.1. The van der Waals surface area contributed by atoms with E-state index in [-0.39, 0.29) is 23.1 Å². The maximum atomic E-state index is 13.0. The quantitative estimate of drug-likeness (QED) is 0.496. The zero-order valence-corrected chi connectivity index (χ0v) is 19.1. The Balaban J connectivity index is 1.54. The van der Waals surface area contributed by atoms with Gasteiger partial charge in [0.1, 0.15) is 11.3 Å². The summed E-state index contributed by atoms with van der Waals surface area (Å²) in [6.07, 6.45) is 1.99. The number of carbonyl (C=O) groups excluding carboxylic acids is 2. The molecule has 1 amide bonds. The highest BCUT2D eigenvalue weighted by Gasteiger charge is 2.34. The van der Waals surface area contributed by atoms with Gasteiger partial charge in [0.2, 0.25) is 0 Å². The molecular weight excluding hydrogens is 442 g/mol. The van der Waals surface area contributed by atoms with Crippen molar-refractivity contribution in [1.29, 1.82) is 0 Å². The molecule has 8 nitrogen and oxygen atoms in total. The number of sulfone groups is 1. The van der Waals surface area contributed by atoms with E-state index >= 15 is 0 Å². The van der Waals surface area contributed by atoms with Crippen LogP contribution in [-0.2, 0) is 19.4 Å². The summed E-state index contributed by atoms with van der Waals surface area (Å²) >= 11 is 0. The maximum absolute atomic E-state index is 13.0. The van der Waals surface area contributed by atoms with E-state index in [0.29, 0.717) is 18.7 Å². The Hall–Kier alpha value is -3.46. The number of para-hydroxylation sites is 1. The largest absolute Gasteiger partial charge is 0.452 e. The van der Waals surface area contributed by atoms with Crippen molar-refractivity contribution in [2.24, 2.45) is 0 Å². The summed E-state index contributed by atoms with van der Waals surface area (Å²) in [6, 6.07) is 18.3. The van der Waals surface area contributed by atoms with Gasteiger partial charge in [-0.2, -0.15) is 5.10 Å². The Bertz CT molecular complexity index is 1240. The fraction of sp³-hybridized carbons (Fsp3) is 0.292. The molecule has 1 aliphatic rings. The average molecular weight is 468 g/mol. The first-order valence-corrected chi connectivity index (χ1v) is 12.6. The lowest BCUT2D eigenvalue weighted by molar-refractivity contribution is -0.136. The van der Waals surface area contributed by atoms with Crippen molar-refractivity contribution in [3.8, 4) is 16.9 Å². The lowest BCUT2D eigenvalue weighted by atomic mass is 10.1. The monoisotopic (exact) mass is 467 g/mol. The number of carbonyl (C=O) groups is 2. The Morgan fingerprint density at radius 3 is 2.36 bits per heavy atom. The van der Waals surface area contributed by atoms with E-state index in [2.05, 4.69) is 5.10 Å². The number of likely N-dealkylation sites (N-methyl/N-ethyl adjacent to an activating group) is 1. The zero-order valence-electron chi connectivity index (χ0n) is 18.3. The lowest BCUT2D eigenvalue weighted by Gasteiger charge is -2.26. The zero-order chi connectivity index (χ0) is 23.4. The van der Waals surface area contributed by atoms with Crippen LogP contribution >= 0.6 is 0 Å². The van der Waals surface area contributed by atoms with Crippen LogP contribution in [0.5, 0.6) is 0 Å². The van der Waals surface area contributed by atoms with Gasteiger partial charge in [0.15, 0.2) is 16.4 Å². The molecule has 1 aliphatic heterocycles. The normalized spacial score (nSPS) is 16.9. The van der Waals surface area contributed by atoms with Crippen LogP contribution in [0, 0.1) is 0 Å². The summed E-state index contributed by atoms with van der Waals surface area (Å²) in [5.41, 5.74) is 2.22. The van der Waals surface area contributed by atoms with Gasteiger partial charge in [-0.15, -0.1) is 0 Å². The van der Waals surface area contributed by atoms with Crippen molar-refractivity contribution < 1.29 is 22.7 Å². The summed E-state index contributed by atoms with van der Waals surface area (Å²) < 4.78 is 30.6. The molecule has 0 bridgehead atoms. The minimum atomic E-state index is -3.13. The van der Waals surface area contributed by atoms with Gasteiger partial charge < -0.3 is 9.64 Å². The Labute approximate surface area is 192 Å². The van der Waals surface area contributed by atoms with Gasteiger partial charge in [-0.05, 0) is 25.5 Å². The Morgan fingerprint density at radius 2 is 1.76 bits per heavy atom. The molecular formula is C24H25N3O5S. The Morgan fingerprint density at radius 1 is 1.09 bits per heavy atom. The van der Waals surface area contributed by atoms with E-state index < -0.39 is 28.3 Å². The van der Waals surface area contributed by atoms with Crippen molar-refractivity contribution in [3.63, 3.8) is 0 Å². The van der Waals surface area contributed by atoms with Crippen LogP contribution in [0.25, 0.3) is 16.9 Å². The molecule has 0 saturated carbocycles. The third kappa shape index (κ3) is 5.14. The highest BCUT2D eigenvalue weighted by molar-refractivity contribution is 7.91. The molecule has 4 rings (SSSR count). The first kappa shape index (κ1) is 22.7. The molecule has 1 aromatic heterocycles. The van der Waals surface area contributed by atoms with E-state index in [0.717, 1.165) is 11.3 Å². The van der Waals surface area contributed by atoms with E-state index in [9.17, 15) is 18.0 Å². The molecule has 1 saturated heterocycles. The molecule has 0 unspecified atom stereocenters. The van der Waals surface area contributed by atoms with Gasteiger partial charge in [-0.25, -0.2) is 17.9 Å². The molecule has 33 heavy (non-hydrogen) atoms. The predicted octanol–water partition coefficient (Wildman–Crippen LogP) is 2.73. The van der Waals surface area contributed by atoms with Gasteiger partial charge in [-0.1, -0.05) is 48.5 Å². The van der Waals surface area contributed by atoms with Crippen LogP contribution in [0.4, 0.5) is 0 Å². The van der Waals surface area contributed by atoms with Gasteiger partial charge in [0.05, 0.1) is 17.2 Å². The predicted molar refractivity (Wildman–Crippen MR) is 124 cm³/mol. The van der Waals surface area contributed by atoms with E-state index in [1.54, 1.807) is 17.8 Å². The third-order valence-corrected chi connectivity index (χ3v) is 7.39. The number of rotatable bonds is 7. The van der Waals surface area contributed by atoms with Crippen molar-refractivity contribution in [3.05, 3.63) is 72.4 Å². The molecule has 1 atom stereocenters. The van der Waals surface area contributed by atoms with E-state index in [4.69, 9.17) is 4.74 Å². The topological polar surface area (TPSA) is 98.6 Å². The van der Waals surface area contributed by atoms with Crippen LogP contribution in [-0.4, -0.2) is 65.7 Å². The molecule has 0 aliphatic carbocycles. The SMILES string of the molecule is CCN(C(=O)COC(=O)c1cn(-c2ccccc2)nc1-c1ccccc1)[C@H]1CCS(=O)(=O)C1. The fourth-order valence-electron chi connectivity index (χ4n) is 3.99. The van der Waals surface area contributed by atoms with Gasteiger partial charge >= 0.3 is 5.97 Å². The Kier molecular flexibility index (Phi) is 6.60. The first-order valence-electron chi connectivity index (χ1n) is 10.8. The summed E-state index contributed by atoms with van der Waals surface area (Å²) in [6.45, 7) is 1.66. The minimum Gasteiger partial charge on any atom is -0.452 e. The number of ether oxygens (including phenoxy) is 1. The molecule has 1 fully saturated rings. The van der Waals surface area contributed by atoms with Crippen molar-refractivity contribution in [2.75, 3.05) is 24.7 Å². The number of hydrogen-bond acceptors (Lipinski definition) is 6. The lowest BCUT2D eigenvalue weighted by Crippen LogP contribution is -2.43. The third-order valence-electron chi connectivity index (χ3n) is 5.64. The second kappa shape index (κ2) is 9.58. The van der Waals surface area contributed by atoms with Crippen molar-refractivity contribution >= 4 is 21.7 Å². The molecule has 3 aromatic rings. The summed E-state index contributed by atoms with van der Waals surface area (Å²) in [5.74, 6) is -1.06. The highest BCUT2D eigenvalue weighted by Crippen LogP contribution is 2.24. The van der Waals surface area contributed by atoms with Crippen LogP contribution in [0.2, 0.25) is 0 Å². The number of nitrogens with zero attached hydrogens (tertiary/aromatic N) is 3. The molecule has 172 valence electrons. The molecule has 0 N–H and O–H groups in total. The summed E-state index contributed by atoms with van der Waals surface area (Å²) in [4.78, 5) is 27.2. The van der Waals surface area contributed by atoms with Crippen LogP contribution in [0.15, 0.2) is 66.9 Å². The first-order chi connectivity index (χ1) is 15.9. The summed E-state index contributed by atoms with van der Waals surface area (Å²) in [5, 5.41) is 4.58. The van der Waals surface area contributed by atoms with Gasteiger partial charge in [0, 0.05) is 24.3 Å². The fourth-order valence-corrected chi connectivity index (χ4v) is 5.72. The number of aromatic nitrogens is 2. The molecule has 0 radical (unpaired) electrons. The van der Waals surface area contributed by atoms with E-state index in [1.807, 2.05) is 60.7 Å². The molecule has 2 heterocycles. The second-order valence-electron chi connectivity index (χ2n) is 7.85. The smallest absolute Gasteiger partial charge is 0.342 e.